The Hall–Kier alpha value is -2.86. The minimum absolute atomic E-state index is 0.262. The van der Waals surface area contributed by atoms with E-state index in [1.54, 1.807) is 36.9 Å². The predicted molar refractivity (Wildman–Crippen MR) is 102 cm³/mol. The largest absolute Gasteiger partial charge is 0.495 e. The van der Waals surface area contributed by atoms with Crippen LogP contribution in [0, 0.1) is 20.8 Å². The summed E-state index contributed by atoms with van der Waals surface area (Å²) in [5.74, 6) is 0.267. The molecule has 1 aromatic heterocycles. The van der Waals surface area contributed by atoms with Crippen molar-refractivity contribution in [2.24, 2.45) is 0 Å². The lowest BCUT2D eigenvalue weighted by Gasteiger charge is -2.10. The van der Waals surface area contributed by atoms with Crippen LogP contribution in [0.15, 0.2) is 36.4 Å². The Kier molecular flexibility index (Phi) is 4.95. The van der Waals surface area contributed by atoms with Gasteiger partial charge in [0.15, 0.2) is 5.69 Å². The second-order valence-corrected chi connectivity index (χ2v) is 6.36. The number of ether oxygens (including phenoxy) is 1. The van der Waals surface area contributed by atoms with Gasteiger partial charge in [0.25, 0.3) is 5.91 Å². The van der Waals surface area contributed by atoms with Gasteiger partial charge < -0.3 is 10.1 Å². The number of rotatable bonds is 4. The van der Waals surface area contributed by atoms with E-state index in [-0.39, 0.29) is 11.6 Å². The third-order valence-electron chi connectivity index (χ3n) is 4.34. The van der Waals surface area contributed by atoms with Gasteiger partial charge >= 0.3 is 0 Å². The molecular formula is C19H19ClN4O2. The second-order valence-electron chi connectivity index (χ2n) is 5.96. The van der Waals surface area contributed by atoms with Crippen molar-refractivity contribution in [2.75, 3.05) is 12.4 Å². The molecule has 7 heteroatoms. The van der Waals surface area contributed by atoms with Crippen LogP contribution in [0.3, 0.4) is 0 Å². The van der Waals surface area contributed by atoms with Crippen LogP contribution in [-0.2, 0) is 0 Å². The van der Waals surface area contributed by atoms with Crippen LogP contribution < -0.4 is 10.1 Å². The average molecular weight is 371 g/mol. The Morgan fingerprint density at radius 3 is 2.65 bits per heavy atom. The first kappa shape index (κ1) is 17.9. The highest BCUT2D eigenvalue weighted by Gasteiger charge is 2.19. The first-order chi connectivity index (χ1) is 12.4. The van der Waals surface area contributed by atoms with E-state index in [2.05, 4.69) is 15.6 Å². The number of methoxy groups -OCH3 is 1. The molecule has 0 aliphatic heterocycles. The van der Waals surface area contributed by atoms with E-state index in [9.17, 15) is 4.79 Å². The zero-order valence-corrected chi connectivity index (χ0v) is 15.8. The van der Waals surface area contributed by atoms with Crippen molar-refractivity contribution in [3.05, 3.63) is 63.9 Å². The third-order valence-corrected chi connectivity index (χ3v) is 4.64. The van der Waals surface area contributed by atoms with Gasteiger partial charge in [-0.15, -0.1) is 5.10 Å². The monoisotopic (exact) mass is 370 g/mol. The summed E-state index contributed by atoms with van der Waals surface area (Å²) in [5.41, 5.74) is 4.47. The predicted octanol–water partition coefficient (Wildman–Crippen LogP) is 4.11. The number of benzene rings is 2. The number of hydrogen-bond acceptors (Lipinski definition) is 4. The van der Waals surface area contributed by atoms with Crippen LogP contribution in [-0.4, -0.2) is 28.0 Å². The smallest absolute Gasteiger partial charge is 0.278 e. The van der Waals surface area contributed by atoms with Crippen LogP contribution in [0.4, 0.5) is 5.69 Å². The normalized spacial score (nSPS) is 10.7. The van der Waals surface area contributed by atoms with E-state index in [1.165, 1.54) is 0 Å². The summed E-state index contributed by atoms with van der Waals surface area (Å²) in [7, 11) is 1.55. The SMILES string of the molecule is COc1ccc(-n2nnc(C(=O)Nc3cccc(C)c3C)c2C)cc1Cl. The molecular weight excluding hydrogens is 352 g/mol. The van der Waals surface area contributed by atoms with Crippen molar-refractivity contribution in [2.45, 2.75) is 20.8 Å². The van der Waals surface area contributed by atoms with Crippen molar-refractivity contribution in [1.82, 2.24) is 15.0 Å². The first-order valence-electron chi connectivity index (χ1n) is 8.06. The highest BCUT2D eigenvalue weighted by atomic mass is 35.5. The fourth-order valence-electron chi connectivity index (χ4n) is 2.64. The molecule has 0 spiro atoms. The van der Waals surface area contributed by atoms with Gasteiger partial charge in [-0.1, -0.05) is 28.9 Å². The number of amides is 1. The number of aromatic nitrogens is 3. The van der Waals surface area contributed by atoms with Crippen LogP contribution in [0.2, 0.25) is 5.02 Å². The molecule has 0 fully saturated rings. The maximum Gasteiger partial charge on any atom is 0.278 e. The molecule has 1 amide bonds. The van der Waals surface area contributed by atoms with Crippen LogP contribution >= 0.6 is 11.6 Å². The lowest BCUT2D eigenvalue weighted by molar-refractivity contribution is 0.102. The number of nitrogens with one attached hydrogen (secondary N) is 1. The molecule has 0 bridgehead atoms. The molecule has 1 heterocycles. The Labute approximate surface area is 156 Å². The van der Waals surface area contributed by atoms with E-state index >= 15 is 0 Å². The number of carbonyl (C=O) groups excluding carboxylic acids is 1. The molecule has 0 atom stereocenters. The molecule has 26 heavy (non-hydrogen) atoms. The zero-order chi connectivity index (χ0) is 18.8. The Balaban J connectivity index is 1.90. The maximum atomic E-state index is 12.6. The maximum absolute atomic E-state index is 12.6. The van der Waals surface area contributed by atoms with E-state index in [0.717, 1.165) is 16.8 Å². The van der Waals surface area contributed by atoms with Crippen LogP contribution in [0.25, 0.3) is 5.69 Å². The molecule has 0 aliphatic carbocycles. The minimum atomic E-state index is -0.304. The second kappa shape index (κ2) is 7.17. The topological polar surface area (TPSA) is 69.0 Å². The van der Waals surface area contributed by atoms with Crippen molar-refractivity contribution in [3.63, 3.8) is 0 Å². The lowest BCUT2D eigenvalue weighted by Crippen LogP contribution is -2.15. The van der Waals surface area contributed by atoms with E-state index in [4.69, 9.17) is 16.3 Å². The van der Waals surface area contributed by atoms with Gasteiger partial charge in [-0.3, -0.25) is 4.79 Å². The van der Waals surface area contributed by atoms with Crippen molar-refractivity contribution >= 4 is 23.2 Å². The molecule has 3 rings (SSSR count). The quantitative estimate of drug-likeness (QED) is 0.750. The number of aryl methyl sites for hydroxylation is 1. The first-order valence-corrected chi connectivity index (χ1v) is 8.44. The summed E-state index contributed by atoms with van der Waals surface area (Å²) in [6, 6.07) is 11.0. The molecule has 0 unspecified atom stereocenters. The molecule has 0 saturated heterocycles. The van der Waals surface area contributed by atoms with E-state index < -0.39 is 0 Å². The molecule has 0 radical (unpaired) electrons. The van der Waals surface area contributed by atoms with Gasteiger partial charge in [0, 0.05) is 5.69 Å². The Morgan fingerprint density at radius 2 is 1.96 bits per heavy atom. The number of nitrogens with zero attached hydrogens (tertiary/aromatic N) is 3. The van der Waals surface area contributed by atoms with Gasteiger partial charge in [-0.2, -0.15) is 0 Å². The Morgan fingerprint density at radius 1 is 1.19 bits per heavy atom. The molecule has 2 aromatic carbocycles. The fourth-order valence-corrected chi connectivity index (χ4v) is 2.89. The van der Waals surface area contributed by atoms with Gasteiger partial charge in [-0.05, 0) is 56.2 Å². The summed E-state index contributed by atoms with van der Waals surface area (Å²) < 4.78 is 6.73. The van der Waals surface area contributed by atoms with Crippen LogP contribution in [0.5, 0.6) is 5.75 Å². The highest BCUT2D eigenvalue weighted by Crippen LogP contribution is 2.27. The molecule has 3 aromatic rings. The number of hydrogen-bond donors (Lipinski definition) is 1. The summed E-state index contributed by atoms with van der Waals surface area (Å²) >= 11 is 6.17. The zero-order valence-electron chi connectivity index (χ0n) is 15.0. The molecule has 1 N–H and O–H groups in total. The summed E-state index contributed by atoms with van der Waals surface area (Å²) in [4.78, 5) is 12.6. The van der Waals surface area contributed by atoms with E-state index in [1.807, 2.05) is 32.0 Å². The molecule has 6 nitrogen and oxygen atoms in total. The van der Waals surface area contributed by atoms with Gasteiger partial charge in [0.2, 0.25) is 0 Å². The lowest BCUT2D eigenvalue weighted by atomic mass is 10.1. The highest BCUT2D eigenvalue weighted by molar-refractivity contribution is 6.32. The van der Waals surface area contributed by atoms with Gasteiger partial charge in [0.05, 0.1) is 23.5 Å². The standard InChI is InChI=1S/C19H19ClN4O2/c1-11-6-5-7-16(12(11)2)21-19(25)18-13(3)24(23-22-18)14-8-9-17(26-4)15(20)10-14/h5-10H,1-4H3,(H,21,25). The van der Waals surface area contributed by atoms with Gasteiger partial charge in [-0.25, -0.2) is 4.68 Å². The Bertz CT molecular complexity index is 982. The molecule has 0 aliphatic rings. The van der Waals surface area contributed by atoms with Crippen molar-refractivity contribution < 1.29 is 9.53 Å². The molecule has 134 valence electrons. The third kappa shape index (κ3) is 3.28. The summed E-state index contributed by atoms with van der Waals surface area (Å²) in [6.45, 7) is 5.75. The number of anilines is 1. The average Bonchev–Trinajstić information content (AvgIpc) is 3.00. The van der Waals surface area contributed by atoms with E-state index in [0.29, 0.717) is 22.2 Å². The number of carbonyl (C=O) groups is 1. The minimum Gasteiger partial charge on any atom is -0.495 e. The van der Waals surface area contributed by atoms with Crippen molar-refractivity contribution in [3.8, 4) is 11.4 Å². The van der Waals surface area contributed by atoms with Crippen molar-refractivity contribution in [1.29, 1.82) is 0 Å². The van der Waals surface area contributed by atoms with Crippen LogP contribution in [0.1, 0.15) is 27.3 Å². The fraction of sp³-hybridized carbons (Fsp3) is 0.211. The van der Waals surface area contributed by atoms with Gasteiger partial charge in [0.1, 0.15) is 5.75 Å². The summed E-state index contributed by atoms with van der Waals surface area (Å²) in [6.07, 6.45) is 0. The molecule has 0 saturated carbocycles. The number of halogens is 1. The summed E-state index contributed by atoms with van der Waals surface area (Å²) in [5, 5.41) is 11.5.